The van der Waals surface area contributed by atoms with Crippen LogP contribution in [-0.4, -0.2) is 41.0 Å². The van der Waals surface area contributed by atoms with Gasteiger partial charge in [-0.2, -0.15) is 0 Å². The Morgan fingerprint density at radius 3 is 2.77 bits per heavy atom. The van der Waals surface area contributed by atoms with Gasteiger partial charge in [0.25, 0.3) is 0 Å². The van der Waals surface area contributed by atoms with E-state index in [1.165, 1.54) is 12.8 Å². The number of carbonyl (C=O) groups excluding carboxylic acids is 2. The van der Waals surface area contributed by atoms with Gasteiger partial charge in [0.2, 0.25) is 11.8 Å². The molecule has 2 bridgehead atoms. The van der Waals surface area contributed by atoms with E-state index in [0.717, 1.165) is 18.4 Å². The van der Waals surface area contributed by atoms with Gasteiger partial charge in [0.15, 0.2) is 0 Å². The van der Waals surface area contributed by atoms with Crippen molar-refractivity contribution in [3.8, 4) is 0 Å². The van der Waals surface area contributed by atoms with Gasteiger partial charge in [0, 0.05) is 12.6 Å². The molecule has 5 nitrogen and oxygen atoms in total. The fourth-order valence-electron chi connectivity index (χ4n) is 5.18. The molecule has 3 aliphatic heterocycles. The molecule has 1 aliphatic carbocycles. The highest BCUT2D eigenvalue weighted by molar-refractivity contribution is 5.93. The van der Waals surface area contributed by atoms with Gasteiger partial charge in [0.1, 0.15) is 5.60 Å². The Morgan fingerprint density at radius 2 is 2.00 bits per heavy atom. The lowest BCUT2D eigenvalue weighted by Gasteiger charge is -2.25. The topological polar surface area (TPSA) is 58.6 Å². The summed E-state index contributed by atoms with van der Waals surface area (Å²) in [5, 5.41) is 3.18. The molecule has 2 amide bonds. The van der Waals surface area contributed by atoms with Crippen LogP contribution in [0, 0.1) is 11.8 Å². The van der Waals surface area contributed by atoms with E-state index in [2.05, 4.69) is 5.32 Å². The van der Waals surface area contributed by atoms with Crippen LogP contribution in [0.15, 0.2) is 42.5 Å². The number of rotatable bonds is 4. The molecule has 4 aliphatic rings. The summed E-state index contributed by atoms with van der Waals surface area (Å²) in [5.41, 5.74) is 0.483. The number of ether oxygens (including phenoxy) is 1. The number of amides is 2. The lowest BCUT2D eigenvalue weighted by Crippen LogP contribution is -2.46. The predicted molar refractivity (Wildman–Crippen MR) is 96.0 cm³/mol. The molecule has 4 unspecified atom stereocenters. The maximum absolute atomic E-state index is 13.2. The van der Waals surface area contributed by atoms with Crippen LogP contribution < -0.4 is 5.32 Å². The van der Waals surface area contributed by atoms with Crippen molar-refractivity contribution in [2.24, 2.45) is 11.8 Å². The van der Waals surface area contributed by atoms with E-state index >= 15 is 0 Å². The second-order valence-corrected chi connectivity index (χ2v) is 8.07. The number of hydrogen-bond donors (Lipinski definition) is 1. The Bertz CT molecular complexity index is 756. The van der Waals surface area contributed by atoms with Gasteiger partial charge in [0.05, 0.1) is 24.5 Å². The van der Waals surface area contributed by atoms with E-state index in [1.54, 1.807) is 0 Å². The average Bonchev–Trinajstić information content (AvgIpc) is 3.39. The standard InChI is InChI=1S/C21H24N2O3/c24-19(22-15-8-4-5-9-15)17-16-10-11-21(26-16)13-23(20(25)18(17)21)12-14-6-2-1-3-7-14/h1-3,6-7,10-11,15-18H,4-5,8-9,12-13H2,(H,22,24). The third-order valence-corrected chi connectivity index (χ3v) is 6.40. The Hall–Kier alpha value is -2.14. The Balaban J connectivity index is 1.36. The average molecular weight is 352 g/mol. The molecule has 1 saturated carbocycles. The minimum Gasteiger partial charge on any atom is -0.360 e. The number of nitrogens with zero attached hydrogens (tertiary/aromatic N) is 1. The molecule has 5 rings (SSSR count). The summed E-state index contributed by atoms with van der Waals surface area (Å²) in [7, 11) is 0. The molecular formula is C21H24N2O3. The molecule has 1 aromatic carbocycles. The molecule has 3 fully saturated rings. The van der Waals surface area contributed by atoms with Crippen LogP contribution in [0.5, 0.6) is 0 Å². The van der Waals surface area contributed by atoms with Gasteiger partial charge in [-0.1, -0.05) is 55.3 Å². The normalized spacial score (nSPS) is 35.3. The highest BCUT2D eigenvalue weighted by atomic mass is 16.5. The maximum atomic E-state index is 13.2. The zero-order valence-electron chi connectivity index (χ0n) is 14.8. The molecule has 0 aromatic heterocycles. The summed E-state index contributed by atoms with van der Waals surface area (Å²) in [5.74, 6) is -0.739. The molecule has 136 valence electrons. The molecular weight excluding hydrogens is 328 g/mol. The van der Waals surface area contributed by atoms with Crippen LogP contribution >= 0.6 is 0 Å². The van der Waals surface area contributed by atoms with Crippen molar-refractivity contribution in [1.82, 2.24) is 10.2 Å². The summed E-state index contributed by atoms with van der Waals surface area (Å²) in [6.07, 6.45) is 8.18. The van der Waals surface area contributed by atoms with Crippen LogP contribution in [0.25, 0.3) is 0 Å². The highest BCUT2D eigenvalue weighted by Crippen LogP contribution is 2.52. The first-order valence-corrected chi connectivity index (χ1v) is 9.67. The summed E-state index contributed by atoms with van der Waals surface area (Å²) in [6, 6.07) is 10.2. The van der Waals surface area contributed by atoms with E-state index in [1.807, 2.05) is 47.4 Å². The molecule has 2 saturated heterocycles. The largest absolute Gasteiger partial charge is 0.360 e. The van der Waals surface area contributed by atoms with Crippen molar-refractivity contribution in [3.05, 3.63) is 48.0 Å². The second-order valence-electron chi connectivity index (χ2n) is 8.07. The monoisotopic (exact) mass is 352 g/mol. The van der Waals surface area contributed by atoms with Gasteiger partial charge in [-0.25, -0.2) is 0 Å². The van der Waals surface area contributed by atoms with Gasteiger partial charge in [-0.15, -0.1) is 0 Å². The zero-order chi connectivity index (χ0) is 17.7. The summed E-state index contributed by atoms with van der Waals surface area (Å²) < 4.78 is 6.19. The number of benzene rings is 1. The second kappa shape index (κ2) is 5.95. The molecule has 3 heterocycles. The summed E-state index contributed by atoms with van der Waals surface area (Å²) >= 11 is 0. The van der Waals surface area contributed by atoms with E-state index in [4.69, 9.17) is 4.74 Å². The highest BCUT2D eigenvalue weighted by Gasteiger charge is 2.66. The van der Waals surface area contributed by atoms with Crippen molar-refractivity contribution in [3.63, 3.8) is 0 Å². The first kappa shape index (κ1) is 16.1. The van der Waals surface area contributed by atoms with Crippen LogP contribution in [-0.2, 0) is 20.9 Å². The van der Waals surface area contributed by atoms with Crippen molar-refractivity contribution in [2.75, 3.05) is 6.54 Å². The number of hydrogen-bond acceptors (Lipinski definition) is 3. The smallest absolute Gasteiger partial charge is 0.230 e. The lowest BCUT2D eigenvalue weighted by molar-refractivity contribution is -0.138. The van der Waals surface area contributed by atoms with Crippen LogP contribution in [0.3, 0.4) is 0 Å². The molecule has 1 spiro atoms. The minimum absolute atomic E-state index is 0.00645. The van der Waals surface area contributed by atoms with Crippen molar-refractivity contribution >= 4 is 11.8 Å². The Kier molecular flexibility index (Phi) is 3.67. The van der Waals surface area contributed by atoms with Gasteiger partial charge in [-0.3, -0.25) is 9.59 Å². The molecule has 1 N–H and O–H groups in total. The van der Waals surface area contributed by atoms with E-state index in [-0.39, 0.29) is 29.9 Å². The molecule has 5 heteroatoms. The van der Waals surface area contributed by atoms with Crippen molar-refractivity contribution in [1.29, 1.82) is 0 Å². The fraction of sp³-hybridized carbons (Fsp3) is 0.524. The number of nitrogens with one attached hydrogen (secondary N) is 1. The van der Waals surface area contributed by atoms with Gasteiger partial charge in [-0.05, 0) is 18.4 Å². The van der Waals surface area contributed by atoms with E-state index < -0.39 is 11.5 Å². The Morgan fingerprint density at radius 1 is 1.23 bits per heavy atom. The van der Waals surface area contributed by atoms with Crippen LogP contribution in [0.1, 0.15) is 31.2 Å². The van der Waals surface area contributed by atoms with E-state index in [9.17, 15) is 9.59 Å². The minimum atomic E-state index is -0.617. The number of carbonyl (C=O) groups is 2. The summed E-state index contributed by atoms with van der Waals surface area (Å²) in [6.45, 7) is 1.10. The van der Waals surface area contributed by atoms with Crippen molar-refractivity contribution in [2.45, 2.75) is 50.0 Å². The molecule has 26 heavy (non-hydrogen) atoms. The third-order valence-electron chi connectivity index (χ3n) is 6.40. The summed E-state index contributed by atoms with van der Waals surface area (Å²) in [4.78, 5) is 28.0. The fourth-order valence-corrected chi connectivity index (χ4v) is 5.18. The Labute approximate surface area is 153 Å². The van der Waals surface area contributed by atoms with Crippen LogP contribution in [0.4, 0.5) is 0 Å². The number of fused-ring (bicyclic) bond motifs is 1. The first-order valence-electron chi connectivity index (χ1n) is 9.67. The first-order chi connectivity index (χ1) is 12.7. The predicted octanol–water partition coefficient (Wildman–Crippen LogP) is 2.03. The molecule has 1 aromatic rings. The molecule has 4 atom stereocenters. The number of likely N-dealkylation sites (tertiary alicyclic amines) is 1. The van der Waals surface area contributed by atoms with Crippen LogP contribution in [0.2, 0.25) is 0 Å². The quantitative estimate of drug-likeness (QED) is 0.844. The lowest BCUT2D eigenvalue weighted by atomic mass is 9.76. The van der Waals surface area contributed by atoms with Crippen molar-refractivity contribution < 1.29 is 14.3 Å². The zero-order valence-corrected chi connectivity index (χ0v) is 14.8. The maximum Gasteiger partial charge on any atom is 0.230 e. The third kappa shape index (κ3) is 2.41. The van der Waals surface area contributed by atoms with E-state index in [0.29, 0.717) is 13.1 Å². The molecule has 0 radical (unpaired) electrons. The van der Waals surface area contributed by atoms with Gasteiger partial charge >= 0.3 is 0 Å². The SMILES string of the molecule is O=C(NC1CCCC1)C1C2C=CC3(CN(Cc4ccccc4)C(=O)C13)O2. The van der Waals surface area contributed by atoms with Gasteiger partial charge < -0.3 is 15.0 Å².